The molecule has 3 rings (SSSR count). The van der Waals surface area contributed by atoms with Gasteiger partial charge in [0.2, 0.25) is 13.9 Å². The van der Waals surface area contributed by atoms with Gasteiger partial charge in [0.15, 0.2) is 11.5 Å². The number of nitrogens with zero attached hydrogens (tertiary/aromatic N) is 2. The van der Waals surface area contributed by atoms with Gasteiger partial charge in [-0.2, -0.15) is 0 Å². The van der Waals surface area contributed by atoms with Crippen LogP contribution < -0.4 is 21.6 Å². The zero-order valence-corrected chi connectivity index (χ0v) is 19.3. The Balaban J connectivity index is 1.50. The fourth-order valence-electron chi connectivity index (χ4n) is 3.72. The predicted octanol–water partition coefficient (Wildman–Crippen LogP) is 2.73. The summed E-state index contributed by atoms with van der Waals surface area (Å²) in [5.74, 6) is -0.537. The molecule has 0 aliphatic heterocycles. The van der Waals surface area contributed by atoms with Crippen LogP contribution in [0, 0.1) is 0 Å². The lowest BCUT2D eigenvalue weighted by Gasteiger charge is -2.20. The molecule has 3 aromatic rings. The highest BCUT2D eigenvalue weighted by molar-refractivity contribution is 6.16. The summed E-state index contributed by atoms with van der Waals surface area (Å²) in [7, 11) is 5.63. The van der Waals surface area contributed by atoms with Crippen LogP contribution in [-0.4, -0.2) is 36.3 Å². The van der Waals surface area contributed by atoms with Crippen LogP contribution >= 0.6 is 0 Å². The van der Waals surface area contributed by atoms with Crippen molar-refractivity contribution >= 4 is 31.3 Å². The van der Waals surface area contributed by atoms with Gasteiger partial charge in [-0.3, -0.25) is 9.59 Å². The number of nitrogens with two attached hydrogens (primary N) is 1. The first-order valence-corrected chi connectivity index (χ1v) is 11.3. The molecule has 2 radical (unpaired) electrons. The van der Waals surface area contributed by atoms with E-state index in [0.717, 1.165) is 35.2 Å². The van der Waals surface area contributed by atoms with Crippen LogP contribution in [0.3, 0.4) is 0 Å². The maximum absolute atomic E-state index is 12.9. The fraction of sp³-hybridized carbons (Fsp3) is 0.280. The highest BCUT2D eigenvalue weighted by Gasteiger charge is 2.21. The summed E-state index contributed by atoms with van der Waals surface area (Å²) in [6, 6.07) is 15.5. The molecule has 0 saturated heterocycles. The van der Waals surface area contributed by atoms with Crippen molar-refractivity contribution in [3.8, 4) is 0 Å². The van der Waals surface area contributed by atoms with E-state index in [9.17, 15) is 9.59 Å². The number of carbonyl (C=O) groups excluding carboxylic acids is 2. The lowest BCUT2D eigenvalue weighted by atomic mass is 9.91. The molecule has 0 saturated carbocycles. The summed E-state index contributed by atoms with van der Waals surface area (Å²) in [4.78, 5) is 32.9. The standard InChI is InChI=1S/C25H29BN6O2/c1-2-5-20(19-6-3-4-7-21(19)32-26)24(33)30-13-12-17-8-10-18(11-9-17)16-31-25(34)22-23(27)29-15-14-28-22/h3-4,6-11,14-15,20,32H,2,5,12-13,16H2,1H3,(H2,27,29)(H,30,33)(H,31,34)/t20-/m0/s1. The number of para-hydroxylation sites is 1. The molecule has 0 aliphatic carbocycles. The molecule has 0 bridgehead atoms. The Kier molecular flexibility index (Phi) is 9.02. The Morgan fingerprint density at radius 3 is 2.41 bits per heavy atom. The lowest BCUT2D eigenvalue weighted by molar-refractivity contribution is -0.122. The quantitative estimate of drug-likeness (QED) is 0.329. The number of anilines is 2. The minimum atomic E-state index is -0.370. The van der Waals surface area contributed by atoms with Gasteiger partial charge in [0.25, 0.3) is 5.91 Å². The van der Waals surface area contributed by atoms with Crippen molar-refractivity contribution in [2.45, 2.75) is 38.6 Å². The van der Waals surface area contributed by atoms with E-state index in [2.05, 4.69) is 32.8 Å². The molecule has 1 aromatic heterocycles. The zero-order valence-electron chi connectivity index (χ0n) is 19.3. The summed E-state index contributed by atoms with van der Waals surface area (Å²) < 4.78 is 0. The van der Waals surface area contributed by atoms with Gasteiger partial charge in [-0.15, -0.1) is 0 Å². The number of aromatic nitrogens is 2. The number of rotatable bonds is 11. The normalized spacial score (nSPS) is 11.4. The Bertz CT molecular complexity index is 1110. The topological polar surface area (TPSA) is 122 Å². The Morgan fingerprint density at radius 2 is 1.71 bits per heavy atom. The molecule has 9 heteroatoms. The predicted molar refractivity (Wildman–Crippen MR) is 134 cm³/mol. The van der Waals surface area contributed by atoms with Crippen LogP contribution in [-0.2, 0) is 17.8 Å². The lowest BCUT2D eigenvalue weighted by Crippen LogP contribution is -2.31. The van der Waals surface area contributed by atoms with Gasteiger partial charge in [0.05, 0.1) is 5.92 Å². The number of hydrogen-bond donors (Lipinski definition) is 4. The van der Waals surface area contributed by atoms with Gasteiger partial charge in [0.1, 0.15) is 0 Å². The summed E-state index contributed by atoms with van der Waals surface area (Å²) in [5.41, 5.74) is 9.50. The first kappa shape index (κ1) is 24.8. The second kappa shape index (κ2) is 12.4. The minimum Gasteiger partial charge on any atom is -0.437 e. The molecule has 1 atom stereocenters. The van der Waals surface area contributed by atoms with Crippen molar-refractivity contribution in [3.05, 3.63) is 83.3 Å². The second-order valence-electron chi connectivity index (χ2n) is 7.90. The Hall–Kier alpha value is -3.88. The van der Waals surface area contributed by atoms with Crippen LogP contribution in [0.2, 0.25) is 0 Å². The third-order valence-corrected chi connectivity index (χ3v) is 5.52. The Morgan fingerprint density at radius 1 is 1.00 bits per heavy atom. The Labute approximate surface area is 201 Å². The first-order valence-electron chi connectivity index (χ1n) is 11.3. The van der Waals surface area contributed by atoms with Gasteiger partial charge in [-0.1, -0.05) is 55.8 Å². The maximum Gasteiger partial charge on any atom is 0.273 e. The number of benzene rings is 2. The summed E-state index contributed by atoms with van der Waals surface area (Å²) in [6.45, 7) is 2.93. The molecule has 0 unspecified atom stereocenters. The fourth-order valence-corrected chi connectivity index (χ4v) is 3.72. The van der Waals surface area contributed by atoms with E-state index in [4.69, 9.17) is 13.7 Å². The van der Waals surface area contributed by atoms with E-state index in [1.54, 1.807) is 0 Å². The van der Waals surface area contributed by atoms with Gasteiger partial charge < -0.3 is 21.6 Å². The van der Waals surface area contributed by atoms with Crippen LogP contribution in [0.1, 0.15) is 52.9 Å². The molecule has 34 heavy (non-hydrogen) atoms. The van der Waals surface area contributed by atoms with Gasteiger partial charge in [-0.05, 0) is 35.6 Å². The molecule has 0 aliphatic rings. The number of hydrogen-bond acceptors (Lipinski definition) is 6. The highest BCUT2D eigenvalue weighted by Crippen LogP contribution is 2.28. The monoisotopic (exact) mass is 456 g/mol. The van der Waals surface area contributed by atoms with E-state index in [1.165, 1.54) is 12.4 Å². The SMILES string of the molecule is [B]Nc1ccccc1[C@H](CCC)C(=O)NCCc1ccc(CNC(=O)c2nccnc2N)cc1. The van der Waals surface area contributed by atoms with Crippen LogP contribution in [0.4, 0.5) is 11.5 Å². The molecule has 0 fully saturated rings. The van der Waals surface area contributed by atoms with Crippen LogP contribution in [0.15, 0.2) is 60.9 Å². The van der Waals surface area contributed by atoms with Crippen LogP contribution in [0.5, 0.6) is 0 Å². The third-order valence-electron chi connectivity index (χ3n) is 5.52. The summed E-state index contributed by atoms with van der Waals surface area (Å²) >= 11 is 0. The van der Waals surface area contributed by atoms with E-state index in [1.807, 2.05) is 48.5 Å². The molecular formula is C25H29BN6O2. The first-order chi connectivity index (χ1) is 16.5. The van der Waals surface area contributed by atoms with E-state index >= 15 is 0 Å². The molecule has 174 valence electrons. The van der Waals surface area contributed by atoms with Crippen molar-refractivity contribution in [1.29, 1.82) is 0 Å². The third kappa shape index (κ3) is 6.57. The maximum atomic E-state index is 12.9. The smallest absolute Gasteiger partial charge is 0.273 e. The second-order valence-corrected chi connectivity index (χ2v) is 7.90. The molecule has 1 heterocycles. The summed E-state index contributed by atoms with van der Waals surface area (Å²) in [5, 5.41) is 8.53. The van der Waals surface area contributed by atoms with E-state index in [-0.39, 0.29) is 29.2 Å². The number of nitrogens with one attached hydrogen (secondary N) is 3. The van der Waals surface area contributed by atoms with Crippen LogP contribution in [0.25, 0.3) is 0 Å². The van der Waals surface area contributed by atoms with Crippen molar-refractivity contribution in [1.82, 2.24) is 20.6 Å². The summed E-state index contributed by atoms with van der Waals surface area (Å²) in [6.07, 6.45) is 5.19. The number of nitrogen functional groups attached to an aromatic ring is 1. The van der Waals surface area contributed by atoms with Crippen molar-refractivity contribution in [2.24, 2.45) is 0 Å². The molecule has 5 N–H and O–H groups in total. The van der Waals surface area contributed by atoms with Crippen molar-refractivity contribution < 1.29 is 9.59 Å². The van der Waals surface area contributed by atoms with Crippen molar-refractivity contribution in [2.75, 3.05) is 17.5 Å². The highest BCUT2D eigenvalue weighted by atomic mass is 16.2. The van der Waals surface area contributed by atoms with Crippen molar-refractivity contribution in [3.63, 3.8) is 0 Å². The molecular weight excluding hydrogens is 427 g/mol. The number of amides is 2. The average molecular weight is 456 g/mol. The number of carbonyl (C=O) groups is 2. The zero-order chi connectivity index (χ0) is 24.3. The van der Waals surface area contributed by atoms with E-state index < -0.39 is 0 Å². The molecule has 0 spiro atoms. The van der Waals surface area contributed by atoms with Gasteiger partial charge in [0, 0.05) is 31.2 Å². The molecule has 2 aromatic carbocycles. The molecule has 8 nitrogen and oxygen atoms in total. The van der Waals surface area contributed by atoms with E-state index in [0.29, 0.717) is 19.5 Å². The average Bonchev–Trinajstić information content (AvgIpc) is 2.86. The largest absolute Gasteiger partial charge is 0.437 e. The molecule has 2 amide bonds. The van der Waals surface area contributed by atoms with Gasteiger partial charge >= 0.3 is 0 Å². The van der Waals surface area contributed by atoms with Gasteiger partial charge in [-0.25, -0.2) is 9.97 Å². The minimum absolute atomic E-state index is 0.00725.